The molecule has 2 aromatic carbocycles. The number of nitrogens with one attached hydrogen (secondary N) is 2. The third-order valence-electron chi connectivity index (χ3n) is 5.05. The third-order valence-corrected chi connectivity index (χ3v) is 5.31. The summed E-state index contributed by atoms with van der Waals surface area (Å²) in [7, 11) is 0. The molecule has 0 bridgehead atoms. The van der Waals surface area contributed by atoms with E-state index in [9.17, 15) is 4.79 Å². The van der Waals surface area contributed by atoms with Crippen LogP contribution in [0.5, 0.6) is 0 Å². The van der Waals surface area contributed by atoms with Crippen molar-refractivity contribution < 1.29 is 14.6 Å². The molecule has 3 rings (SSSR count). The van der Waals surface area contributed by atoms with E-state index in [2.05, 4.69) is 10.2 Å². The zero-order valence-corrected chi connectivity index (χ0v) is 17.0. The van der Waals surface area contributed by atoms with E-state index in [1.54, 1.807) is 0 Å². The van der Waals surface area contributed by atoms with Crippen molar-refractivity contribution in [2.45, 2.75) is 19.4 Å². The van der Waals surface area contributed by atoms with Crippen molar-refractivity contribution in [1.82, 2.24) is 4.90 Å². The van der Waals surface area contributed by atoms with Gasteiger partial charge in [-0.25, -0.2) is 0 Å². The zero-order valence-electron chi connectivity index (χ0n) is 16.2. The second-order valence-corrected chi connectivity index (χ2v) is 7.62. The highest BCUT2D eigenvalue weighted by molar-refractivity contribution is 6.30. The van der Waals surface area contributed by atoms with Gasteiger partial charge in [0.05, 0.1) is 18.1 Å². The first-order chi connectivity index (χ1) is 14.0. The van der Waals surface area contributed by atoms with Gasteiger partial charge < -0.3 is 20.1 Å². The SMILES string of the molecule is N=C(OCCCN1CCC(C(=O)O)C1)c1ccccc1NCc1ccc(Cl)cc1. The van der Waals surface area contributed by atoms with E-state index in [1.165, 1.54) is 0 Å². The lowest BCUT2D eigenvalue weighted by Crippen LogP contribution is -2.25. The van der Waals surface area contributed by atoms with E-state index in [1.807, 2.05) is 48.5 Å². The van der Waals surface area contributed by atoms with Gasteiger partial charge in [-0.1, -0.05) is 35.9 Å². The highest BCUT2D eigenvalue weighted by Gasteiger charge is 2.27. The molecule has 2 aromatic rings. The quantitative estimate of drug-likeness (QED) is 0.326. The van der Waals surface area contributed by atoms with Gasteiger partial charge in [-0.05, 0) is 49.2 Å². The third kappa shape index (κ3) is 6.21. The lowest BCUT2D eigenvalue weighted by Gasteiger charge is -2.16. The highest BCUT2D eigenvalue weighted by Crippen LogP contribution is 2.19. The Morgan fingerprint density at radius 1 is 1.24 bits per heavy atom. The highest BCUT2D eigenvalue weighted by atomic mass is 35.5. The van der Waals surface area contributed by atoms with Crippen molar-refractivity contribution in [3.05, 3.63) is 64.7 Å². The van der Waals surface area contributed by atoms with Gasteiger partial charge in [0.1, 0.15) is 0 Å². The number of benzene rings is 2. The van der Waals surface area contributed by atoms with Crippen LogP contribution in [-0.4, -0.2) is 48.1 Å². The predicted octanol–water partition coefficient (Wildman–Crippen LogP) is 4.09. The zero-order chi connectivity index (χ0) is 20.6. The topological polar surface area (TPSA) is 85.7 Å². The second kappa shape index (κ2) is 10.3. The Morgan fingerprint density at radius 3 is 2.72 bits per heavy atom. The molecule has 1 aliphatic heterocycles. The second-order valence-electron chi connectivity index (χ2n) is 7.18. The van der Waals surface area contributed by atoms with Gasteiger partial charge in [0.25, 0.3) is 0 Å². The number of likely N-dealkylation sites (tertiary alicyclic amines) is 1. The van der Waals surface area contributed by atoms with Gasteiger partial charge in [-0.3, -0.25) is 10.2 Å². The largest absolute Gasteiger partial charge is 0.481 e. The molecule has 0 aromatic heterocycles. The molecule has 1 fully saturated rings. The molecule has 0 amide bonds. The number of nitrogens with zero attached hydrogens (tertiary/aromatic N) is 1. The summed E-state index contributed by atoms with van der Waals surface area (Å²) in [5.41, 5.74) is 2.66. The van der Waals surface area contributed by atoms with Gasteiger partial charge in [-0.15, -0.1) is 0 Å². The summed E-state index contributed by atoms with van der Waals surface area (Å²) in [5.74, 6) is -0.838. The van der Waals surface area contributed by atoms with Gasteiger partial charge in [0, 0.05) is 30.3 Å². The Hall–Kier alpha value is -2.57. The average Bonchev–Trinajstić information content (AvgIpc) is 3.20. The van der Waals surface area contributed by atoms with Gasteiger partial charge >= 0.3 is 5.97 Å². The molecule has 1 saturated heterocycles. The monoisotopic (exact) mass is 415 g/mol. The number of carboxylic acids is 1. The summed E-state index contributed by atoms with van der Waals surface area (Å²) in [6.45, 7) is 3.25. The van der Waals surface area contributed by atoms with E-state index in [4.69, 9.17) is 26.9 Å². The van der Waals surface area contributed by atoms with Crippen LogP contribution < -0.4 is 5.32 Å². The average molecular weight is 416 g/mol. The van der Waals surface area contributed by atoms with Crippen LogP contribution in [0.3, 0.4) is 0 Å². The van der Waals surface area contributed by atoms with Crippen molar-refractivity contribution in [1.29, 1.82) is 5.41 Å². The maximum atomic E-state index is 11.0. The van der Waals surface area contributed by atoms with Gasteiger partial charge in [-0.2, -0.15) is 0 Å². The van der Waals surface area contributed by atoms with E-state index in [-0.39, 0.29) is 11.8 Å². The van der Waals surface area contributed by atoms with E-state index in [0.717, 1.165) is 30.8 Å². The fourth-order valence-corrected chi connectivity index (χ4v) is 3.54. The number of anilines is 1. The van der Waals surface area contributed by atoms with Crippen LogP contribution >= 0.6 is 11.6 Å². The Balaban J connectivity index is 1.45. The van der Waals surface area contributed by atoms with Crippen molar-refractivity contribution in [2.24, 2.45) is 5.92 Å². The van der Waals surface area contributed by atoms with Crippen LogP contribution in [0.4, 0.5) is 5.69 Å². The summed E-state index contributed by atoms with van der Waals surface area (Å²) in [6, 6.07) is 15.2. The molecule has 1 atom stereocenters. The maximum absolute atomic E-state index is 11.0. The summed E-state index contributed by atoms with van der Waals surface area (Å²) in [4.78, 5) is 13.2. The fraction of sp³-hybridized carbons (Fsp3) is 0.364. The Bertz CT molecular complexity index is 841. The van der Waals surface area contributed by atoms with Crippen molar-refractivity contribution in [2.75, 3.05) is 31.6 Å². The molecule has 29 heavy (non-hydrogen) atoms. The Morgan fingerprint density at radius 2 is 2.00 bits per heavy atom. The van der Waals surface area contributed by atoms with Crippen molar-refractivity contribution >= 4 is 29.2 Å². The lowest BCUT2D eigenvalue weighted by molar-refractivity contribution is -0.141. The fourth-order valence-electron chi connectivity index (χ4n) is 3.41. The lowest BCUT2D eigenvalue weighted by atomic mass is 10.1. The number of ether oxygens (including phenoxy) is 1. The molecular weight excluding hydrogens is 390 g/mol. The first-order valence-corrected chi connectivity index (χ1v) is 10.1. The predicted molar refractivity (Wildman–Crippen MR) is 115 cm³/mol. The molecule has 6 nitrogen and oxygen atoms in total. The van der Waals surface area contributed by atoms with Crippen LogP contribution in [0.2, 0.25) is 5.02 Å². The van der Waals surface area contributed by atoms with E-state index in [0.29, 0.717) is 36.7 Å². The summed E-state index contributed by atoms with van der Waals surface area (Å²) >= 11 is 5.92. The van der Waals surface area contributed by atoms with Crippen LogP contribution in [-0.2, 0) is 16.1 Å². The summed E-state index contributed by atoms with van der Waals surface area (Å²) in [5, 5.41) is 21.4. The molecule has 0 radical (unpaired) electrons. The number of hydrogen-bond donors (Lipinski definition) is 3. The number of carbonyl (C=O) groups is 1. The van der Waals surface area contributed by atoms with Crippen LogP contribution in [0.15, 0.2) is 48.5 Å². The number of hydrogen-bond acceptors (Lipinski definition) is 5. The minimum Gasteiger partial charge on any atom is -0.481 e. The van der Waals surface area contributed by atoms with Crippen molar-refractivity contribution in [3.63, 3.8) is 0 Å². The van der Waals surface area contributed by atoms with E-state index < -0.39 is 5.97 Å². The molecule has 3 N–H and O–H groups in total. The molecule has 1 heterocycles. The van der Waals surface area contributed by atoms with Crippen LogP contribution in [0, 0.1) is 11.3 Å². The van der Waals surface area contributed by atoms with Gasteiger partial charge in [0.2, 0.25) is 5.90 Å². The molecule has 0 aliphatic carbocycles. The molecule has 0 saturated carbocycles. The van der Waals surface area contributed by atoms with Crippen molar-refractivity contribution in [3.8, 4) is 0 Å². The molecule has 1 unspecified atom stereocenters. The maximum Gasteiger partial charge on any atom is 0.307 e. The minimum atomic E-state index is -0.715. The molecule has 1 aliphatic rings. The number of para-hydroxylation sites is 1. The van der Waals surface area contributed by atoms with E-state index >= 15 is 0 Å². The Kier molecular flexibility index (Phi) is 7.49. The normalized spacial score (nSPS) is 16.5. The molecule has 0 spiro atoms. The summed E-state index contributed by atoms with van der Waals surface area (Å²) in [6.07, 6.45) is 1.47. The standard InChI is InChI=1S/C22H26ClN3O3/c23-18-8-6-16(7-9-18)14-25-20-5-2-1-4-19(20)21(24)29-13-3-11-26-12-10-17(15-26)22(27)28/h1-2,4-9,17,24-25H,3,10-15H2,(H,27,28). The first-order valence-electron chi connectivity index (χ1n) is 9.77. The molecular formula is C22H26ClN3O3. The Labute approximate surface area is 175 Å². The first kappa shape index (κ1) is 21.1. The number of rotatable bonds is 9. The molecule has 7 heteroatoms. The summed E-state index contributed by atoms with van der Waals surface area (Å²) < 4.78 is 5.65. The van der Waals surface area contributed by atoms with Crippen LogP contribution in [0.1, 0.15) is 24.0 Å². The molecule has 154 valence electrons. The number of halogens is 1. The minimum absolute atomic E-state index is 0.133. The van der Waals surface area contributed by atoms with Crippen LogP contribution in [0.25, 0.3) is 0 Å². The smallest absolute Gasteiger partial charge is 0.307 e. The number of aliphatic carboxylic acids is 1. The number of carboxylic acid groups (broad SMARTS) is 1. The van der Waals surface area contributed by atoms with Gasteiger partial charge in [0.15, 0.2) is 0 Å².